The van der Waals surface area contributed by atoms with Crippen LogP contribution in [0.4, 0.5) is 0 Å². The molecule has 1 aromatic rings. The lowest BCUT2D eigenvalue weighted by Gasteiger charge is -2.18. The highest BCUT2D eigenvalue weighted by atomic mass is 35.5. The first-order valence-electron chi connectivity index (χ1n) is 8.65. The van der Waals surface area contributed by atoms with E-state index in [1.807, 2.05) is 49.9 Å². The average molecular weight is 353 g/mol. The van der Waals surface area contributed by atoms with E-state index in [1.165, 1.54) is 0 Å². The molecule has 5 nitrogen and oxygen atoms in total. The van der Waals surface area contributed by atoms with Crippen molar-refractivity contribution in [2.45, 2.75) is 33.6 Å². The maximum atomic E-state index is 12.0. The number of hydrogen-bond donors (Lipinski definition) is 2. The van der Waals surface area contributed by atoms with Gasteiger partial charge in [0.15, 0.2) is 5.96 Å². The fraction of sp³-hybridized carbons (Fsp3) is 0.556. The Morgan fingerprint density at radius 1 is 1.17 bits per heavy atom. The van der Waals surface area contributed by atoms with E-state index in [1.54, 1.807) is 0 Å². The number of nitrogens with one attached hydrogen (secondary N) is 2. The molecule has 2 N–H and O–H groups in total. The molecule has 0 unspecified atom stereocenters. The number of nitrogens with zero attached hydrogens (tertiary/aromatic N) is 2. The van der Waals surface area contributed by atoms with Crippen LogP contribution in [0.5, 0.6) is 0 Å². The van der Waals surface area contributed by atoms with Crippen molar-refractivity contribution in [3.8, 4) is 0 Å². The summed E-state index contributed by atoms with van der Waals surface area (Å²) in [5, 5.41) is 7.26. The van der Waals surface area contributed by atoms with Gasteiger partial charge in [-0.25, -0.2) is 0 Å². The molecular formula is C18H29ClN4O. The van der Waals surface area contributed by atoms with Gasteiger partial charge >= 0.3 is 0 Å². The maximum absolute atomic E-state index is 12.0. The maximum Gasteiger partial charge on any atom is 0.224 e. The number of amides is 1. The lowest BCUT2D eigenvalue weighted by molar-refractivity contribution is -0.130. The summed E-state index contributed by atoms with van der Waals surface area (Å²) >= 11 is 6.16. The molecule has 0 aliphatic heterocycles. The van der Waals surface area contributed by atoms with Gasteiger partial charge in [-0.1, -0.05) is 29.8 Å². The largest absolute Gasteiger partial charge is 0.357 e. The van der Waals surface area contributed by atoms with Crippen LogP contribution in [0.1, 0.15) is 32.8 Å². The molecule has 6 heteroatoms. The van der Waals surface area contributed by atoms with Crippen LogP contribution in [-0.4, -0.2) is 49.5 Å². The Kier molecular flexibility index (Phi) is 9.92. The van der Waals surface area contributed by atoms with E-state index in [0.29, 0.717) is 13.0 Å². The Morgan fingerprint density at radius 3 is 2.50 bits per heavy atom. The monoisotopic (exact) mass is 352 g/mol. The van der Waals surface area contributed by atoms with Gasteiger partial charge in [0.05, 0.1) is 6.54 Å². The summed E-state index contributed by atoms with van der Waals surface area (Å²) in [6, 6.07) is 7.84. The minimum absolute atomic E-state index is 0.149. The molecule has 0 atom stereocenters. The molecule has 1 amide bonds. The first-order chi connectivity index (χ1) is 11.6. The number of guanidine groups is 1. The molecule has 134 valence electrons. The first kappa shape index (κ1) is 20.3. The number of hydrogen-bond acceptors (Lipinski definition) is 2. The number of carbonyl (C=O) groups is 1. The summed E-state index contributed by atoms with van der Waals surface area (Å²) in [7, 11) is 0. The fourth-order valence-corrected chi connectivity index (χ4v) is 2.59. The highest BCUT2D eigenvalue weighted by Crippen LogP contribution is 2.14. The molecule has 24 heavy (non-hydrogen) atoms. The zero-order valence-corrected chi connectivity index (χ0v) is 15.7. The van der Waals surface area contributed by atoms with Crippen molar-refractivity contribution in [3.05, 3.63) is 34.9 Å². The van der Waals surface area contributed by atoms with E-state index >= 15 is 0 Å². The van der Waals surface area contributed by atoms with Gasteiger partial charge in [0, 0.05) is 37.6 Å². The van der Waals surface area contributed by atoms with E-state index in [4.69, 9.17) is 11.6 Å². The van der Waals surface area contributed by atoms with Crippen molar-refractivity contribution in [1.29, 1.82) is 0 Å². The third-order valence-electron chi connectivity index (χ3n) is 3.70. The minimum atomic E-state index is 0.149. The minimum Gasteiger partial charge on any atom is -0.357 e. The van der Waals surface area contributed by atoms with Gasteiger partial charge in [-0.3, -0.25) is 9.79 Å². The first-order valence-corrected chi connectivity index (χ1v) is 9.03. The van der Waals surface area contributed by atoms with Gasteiger partial charge in [0.25, 0.3) is 0 Å². The van der Waals surface area contributed by atoms with E-state index in [-0.39, 0.29) is 5.91 Å². The van der Waals surface area contributed by atoms with Crippen molar-refractivity contribution < 1.29 is 4.79 Å². The summed E-state index contributed by atoms with van der Waals surface area (Å²) in [5.74, 6) is 0.882. The molecule has 1 aromatic carbocycles. The number of rotatable bonds is 9. The highest BCUT2D eigenvalue weighted by molar-refractivity contribution is 6.31. The molecule has 0 heterocycles. The molecule has 0 saturated carbocycles. The van der Waals surface area contributed by atoms with Crippen molar-refractivity contribution in [2.24, 2.45) is 4.99 Å². The fourth-order valence-electron chi connectivity index (χ4n) is 2.36. The van der Waals surface area contributed by atoms with Gasteiger partial charge in [0.1, 0.15) is 0 Å². The molecule has 0 saturated heterocycles. The average Bonchev–Trinajstić information content (AvgIpc) is 2.57. The van der Waals surface area contributed by atoms with Crippen molar-refractivity contribution in [1.82, 2.24) is 15.5 Å². The Balaban J connectivity index is 2.45. The van der Waals surface area contributed by atoms with Gasteiger partial charge in [-0.05, 0) is 38.8 Å². The van der Waals surface area contributed by atoms with E-state index in [9.17, 15) is 4.79 Å². The predicted molar refractivity (Wildman–Crippen MR) is 102 cm³/mol. The van der Waals surface area contributed by atoms with Crippen LogP contribution in [0, 0.1) is 0 Å². The predicted octanol–water partition coefficient (Wildman–Crippen LogP) is 2.70. The van der Waals surface area contributed by atoms with Crippen LogP contribution < -0.4 is 10.6 Å². The Labute approximate surface area is 150 Å². The SMILES string of the molecule is CCNC(=NCCC(=O)N(CC)CC)NCCc1ccccc1Cl. The third kappa shape index (κ3) is 7.21. The molecule has 0 spiro atoms. The summed E-state index contributed by atoms with van der Waals surface area (Å²) in [4.78, 5) is 18.3. The van der Waals surface area contributed by atoms with Crippen molar-refractivity contribution in [2.75, 3.05) is 32.7 Å². The normalized spacial score (nSPS) is 11.2. The zero-order chi connectivity index (χ0) is 17.8. The molecule has 1 rings (SSSR count). The smallest absolute Gasteiger partial charge is 0.224 e. The van der Waals surface area contributed by atoms with Gasteiger partial charge in [-0.2, -0.15) is 0 Å². The zero-order valence-electron chi connectivity index (χ0n) is 14.9. The van der Waals surface area contributed by atoms with E-state index < -0.39 is 0 Å². The van der Waals surface area contributed by atoms with E-state index in [0.717, 1.165) is 49.1 Å². The standard InChI is InChI=1S/C18H29ClN4O/c1-4-20-18(22-14-12-17(24)23(5-2)6-3)21-13-11-15-9-7-8-10-16(15)19/h7-10H,4-6,11-14H2,1-3H3,(H2,20,21,22). The lowest BCUT2D eigenvalue weighted by atomic mass is 10.1. The molecule has 0 bridgehead atoms. The van der Waals surface area contributed by atoms with Crippen LogP contribution in [-0.2, 0) is 11.2 Å². The Hall–Kier alpha value is -1.75. The summed E-state index contributed by atoms with van der Waals surface area (Å²) in [6.07, 6.45) is 1.26. The molecule has 0 aromatic heterocycles. The van der Waals surface area contributed by atoms with Gasteiger partial charge in [0.2, 0.25) is 5.91 Å². The van der Waals surface area contributed by atoms with Crippen LogP contribution in [0.25, 0.3) is 0 Å². The molecular weight excluding hydrogens is 324 g/mol. The lowest BCUT2D eigenvalue weighted by Crippen LogP contribution is -2.38. The topological polar surface area (TPSA) is 56.7 Å². The molecule has 0 radical (unpaired) electrons. The van der Waals surface area contributed by atoms with Crippen molar-refractivity contribution >= 4 is 23.5 Å². The van der Waals surface area contributed by atoms with Crippen LogP contribution in [0.2, 0.25) is 5.02 Å². The third-order valence-corrected chi connectivity index (χ3v) is 4.07. The summed E-state index contributed by atoms with van der Waals surface area (Å²) < 4.78 is 0. The van der Waals surface area contributed by atoms with Crippen LogP contribution in [0.15, 0.2) is 29.3 Å². The van der Waals surface area contributed by atoms with Crippen LogP contribution in [0.3, 0.4) is 0 Å². The second-order valence-electron chi connectivity index (χ2n) is 5.34. The second-order valence-corrected chi connectivity index (χ2v) is 5.75. The molecule has 0 aliphatic carbocycles. The number of carbonyl (C=O) groups excluding carboxylic acids is 1. The van der Waals surface area contributed by atoms with E-state index in [2.05, 4.69) is 15.6 Å². The second kappa shape index (κ2) is 11.7. The number of benzene rings is 1. The van der Waals surface area contributed by atoms with Crippen molar-refractivity contribution in [3.63, 3.8) is 0 Å². The van der Waals surface area contributed by atoms with Gasteiger partial charge in [-0.15, -0.1) is 0 Å². The molecule has 0 fully saturated rings. The quantitative estimate of drug-likeness (QED) is 0.530. The Bertz CT molecular complexity index is 530. The summed E-state index contributed by atoms with van der Waals surface area (Å²) in [5.41, 5.74) is 1.11. The highest BCUT2D eigenvalue weighted by Gasteiger charge is 2.08. The number of aliphatic imine (C=N–C) groups is 1. The summed E-state index contributed by atoms with van der Waals surface area (Å²) in [6.45, 7) is 9.49. The van der Waals surface area contributed by atoms with Gasteiger partial charge < -0.3 is 15.5 Å². The van der Waals surface area contributed by atoms with Crippen LogP contribution >= 0.6 is 11.6 Å². The molecule has 0 aliphatic rings. The number of halogens is 1. The Morgan fingerprint density at radius 2 is 1.88 bits per heavy atom.